The van der Waals surface area contributed by atoms with Gasteiger partial charge in [-0.2, -0.15) is 13.2 Å². The van der Waals surface area contributed by atoms with Crippen LogP contribution in [0.25, 0.3) is 0 Å². The first-order valence-corrected chi connectivity index (χ1v) is 8.06. The number of hydrogen-bond donors (Lipinski definition) is 0. The van der Waals surface area contributed by atoms with Crippen molar-refractivity contribution < 1.29 is 18.0 Å². The third-order valence-corrected chi connectivity index (χ3v) is 3.75. The van der Waals surface area contributed by atoms with Crippen LogP contribution in [0.15, 0.2) is 67.1 Å². The highest BCUT2D eigenvalue weighted by Crippen LogP contribution is 2.27. The summed E-state index contributed by atoms with van der Waals surface area (Å²) in [7, 11) is 0. The fourth-order valence-corrected chi connectivity index (χ4v) is 2.44. The molecule has 3 aromatic heterocycles. The number of carbonyl (C=O) groups is 1. The molecule has 0 spiro atoms. The Morgan fingerprint density at radius 2 is 1.44 bits per heavy atom. The third-order valence-electron chi connectivity index (χ3n) is 3.75. The maximum Gasteiger partial charge on any atom is 0.433 e. The predicted octanol–water partition coefficient (Wildman–Crippen LogP) is 3.73. The average molecular weight is 372 g/mol. The van der Waals surface area contributed by atoms with Gasteiger partial charge in [0.25, 0.3) is 5.91 Å². The summed E-state index contributed by atoms with van der Waals surface area (Å²) in [5.41, 5.74) is 0.332. The summed E-state index contributed by atoms with van der Waals surface area (Å²) in [6.07, 6.45) is -0.394. The van der Waals surface area contributed by atoms with Gasteiger partial charge in [0, 0.05) is 18.6 Å². The summed E-state index contributed by atoms with van der Waals surface area (Å²) in [5, 5.41) is 0. The van der Waals surface area contributed by atoms with E-state index >= 15 is 0 Å². The SMILES string of the molecule is O=C(c1ccc(C(F)(F)F)nc1)N(Cc1ccccn1)Cc1ccccn1. The highest BCUT2D eigenvalue weighted by atomic mass is 19.4. The molecule has 0 aliphatic carbocycles. The standard InChI is InChI=1S/C19H15F3N4O/c20-19(21,22)17-8-7-14(11-25-17)18(27)26(12-15-5-1-3-9-23-15)13-16-6-2-4-10-24-16/h1-11H,12-13H2. The van der Waals surface area contributed by atoms with Crippen molar-refractivity contribution in [2.45, 2.75) is 19.3 Å². The van der Waals surface area contributed by atoms with Gasteiger partial charge in [-0.25, -0.2) is 0 Å². The Bertz CT molecular complexity index is 843. The fraction of sp³-hybridized carbons (Fsp3) is 0.158. The van der Waals surface area contributed by atoms with Crippen LogP contribution in [0.2, 0.25) is 0 Å². The molecule has 0 aliphatic rings. The Labute approximate surface area is 153 Å². The molecule has 0 aliphatic heterocycles. The maximum absolute atomic E-state index is 12.9. The largest absolute Gasteiger partial charge is 0.433 e. The van der Waals surface area contributed by atoms with Crippen LogP contribution in [0.4, 0.5) is 13.2 Å². The van der Waals surface area contributed by atoms with E-state index in [0.717, 1.165) is 18.3 Å². The lowest BCUT2D eigenvalue weighted by Gasteiger charge is -2.22. The monoisotopic (exact) mass is 372 g/mol. The molecular formula is C19H15F3N4O. The minimum Gasteiger partial charge on any atom is -0.327 e. The molecule has 0 N–H and O–H groups in total. The van der Waals surface area contributed by atoms with Crippen molar-refractivity contribution in [1.82, 2.24) is 19.9 Å². The zero-order valence-electron chi connectivity index (χ0n) is 14.1. The highest BCUT2D eigenvalue weighted by molar-refractivity contribution is 5.93. The van der Waals surface area contributed by atoms with Gasteiger partial charge >= 0.3 is 6.18 Å². The molecule has 8 heteroatoms. The van der Waals surface area contributed by atoms with E-state index in [9.17, 15) is 18.0 Å². The molecule has 1 amide bonds. The number of aromatic nitrogens is 3. The number of carbonyl (C=O) groups excluding carboxylic acids is 1. The van der Waals surface area contributed by atoms with E-state index in [1.807, 2.05) is 0 Å². The van der Waals surface area contributed by atoms with Crippen LogP contribution in [-0.4, -0.2) is 25.8 Å². The average Bonchev–Trinajstić information content (AvgIpc) is 2.68. The molecule has 0 fully saturated rings. The Morgan fingerprint density at radius 1 is 0.852 bits per heavy atom. The lowest BCUT2D eigenvalue weighted by Crippen LogP contribution is -2.31. The highest BCUT2D eigenvalue weighted by Gasteiger charge is 2.32. The number of rotatable bonds is 5. The Kier molecular flexibility index (Phi) is 5.44. The minimum atomic E-state index is -4.55. The summed E-state index contributed by atoms with van der Waals surface area (Å²) in [6, 6.07) is 12.6. The fourth-order valence-electron chi connectivity index (χ4n) is 2.44. The van der Waals surface area contributed by atoms with Crippen LogP contribution in [0.3, 0.4) is 0 Å². The Morgan fingerprint density at radius 3 is 1.85 bits per heavy atom. The van der Waals surface area contributed by atoms with E-state index in [-0.39, 0.29) is 18.7 Å². The lowest BCUT2D eigenvalue weighted by atomic mass is 10.2. The van der Waals surface area contributed by atoms with Crippen LogP contribution in [0, 0.1) is 0 Å². The lowest BCUT2D eigenvalue weighted by molar-refractivity contribution is -0.141. The molecule has 0 radical (unpaired) electrons. The molecule has 3 heterocycles. The van der Waals surface area contributed by atoms with Crippen molar-refractivity contribution in [3.05, 3.63) is 89.8 Å². The van der Waals surface area contributed by atoms with Crippen molar-refractivity contribution in [3.63, 3.8) is 0 Å². The normalized spacial score (nSPS) is 11.2. The van der Waals surface area contributed by atoms with E-state index in [2.05, 4.69) is 15.0 Å². The van der Waals surface area contributed by atoms with E-state index in [1.54, 1.807) is 48.8 Å². The first kappa shape index (κ1) is 18.5. The van der Waals surface area contributed by atoms with Gasteiger partial charge in [0.05, 0.1) is 30.0 Å². The molecule has 0 saturated carbocycles. The number of pyridine rings is 3. The summed E-state index contributed by atoms with van der Waals surface area (Å²) in [6.45, 7) is 0.383. The quantitative estimate of drug-likeness (QED) is 0.685. The topological polar surface area (TPSA) is 59.0 Å². The van der Waals surface area contributed by atoms with E-state index in [0.29, 0.717) is 11.4 Å². The van der Waals surface area contributed by atoms with Gasteiger partial charge in [-0.3, -0.25) is 19.7 Å². The second-order valence-electron chi connectivity index (χ2n) is 5.73. The molecule has 0 bridgehead atoms. The molecule has 3 aromatic rings. The zero-order chi connectivity index (χ0) is 19.3. The number of alkyl halides is 3. The van der Waals surface area contributed by atoms with Crippen molar-refractivity contribution in [1.29, 1.82) is 0 Å². The number of halogens is 3. The summed E-state index contributed by atoms with van der Waals surface area (Å²) >= 11 is 0. The molecule has 0 saturated heterocycles. The third kappa shape index (κ3) is 4.87. The Balaban J connectivity index is 1.85. The Hall–Kier alpha value is -3.29. The van der Waals surface area contributed by atoms with Gasteiger partial charge in [-0.1, -0.05) is 12.1 Å². The van der Waals surface area contributed by atoms with Gasteiger partial charge in [0.1, 0.15) is 5.69 Å². The molecule has 0 unspecified atom stereocenters. The molecular weight excluding hydrogens is 357 g/mol. The van der Waals surface area contributed by atoms with Crippen LogP contribution in [0.5, 0.6) is 0 Å². The van der Waals surface area contributed by atoms with E-state index < -0.39 is 17.8 Å². The first-order chi connectivity index (χ1) is 12.9. The molecule has 5 nitrogen and oxygen atoms in total. The van der Waals surface area contributed by atoms with Gasteiger partial charge in [-0.15, -0.1) is 0 Å². The predicted molar refractivity (Wildman–Crippen MR) is 91.3 cm³/mol. The number of nitrogens with zero attached hydrogens (tertiary/aromatic N) is 4. The number of hydrogen-bond acceptors (Lipinski definition) is 4. The molecule has 138 valence electrons. The van der Waals surface area contributed by atoms with Crippen LogP contribution in [0.1, 0.15) is 27.4 Å². The van der Waals surface area contributed by atoms with Gasteiger partial charge in [0.15, 0.2) is 0 Å². The second-order valence-corrected chi connectivity index (χ2v) is 5.73. The smallest absolute Gasteiger partial charge is 0.327 e. The minimum absolute atomic E-state index is 0.0647. The summed E-state index contributed by atoms with van der Waals surface area (Å²) < 4.78 is 38.0. The molecule has 0 atom stereocenters. The second kappa shape index (κ2) is 7.94. The van der Waals surface area contributed by atoms with Crippen LogP contribution < -0.4 is 0 Å². The maximum atomic E-state index is 12.9. The zero-order valence-corrected chi connectivity index (χ0v) is 14.1. The van der Waals surface area contributed by atoms with Crippen molar-refractivity contribution in [3.8, 4) is 0 Å². The van der Waals surface area contributed by atoms with Gasteiger partial charge in [0.2, 0.25) is 0 Å². The summed E-state index contributed by atoms with van der Waals surface area (Å²) in [4.78, 5) is 26.1. The molecule has 3 rings (SSSR count). The van der Waals surface area contributed by atoms with Gasteiger partial charge < -0.3 is 4.90 Å². The van der Waals surface area contributed by atoms with Crippen molar-refractivity contribution in [2.75, 3.05) is 0 Å². The molecule has 27 heavy (non-hydrogen) atoms. The van der Waals surface area contributed by atoms with Crippen LogP contribution >= 0.6 is 0 Å². The first-order valence-electron chi connectivity index (χ1n) is 8.06. The van der Waals surface area contributed by atoms with E-state index in [4.69, 9.17) is 0 Å². The summed E-state index contributed by atoms with van der Waals surface area (Å²) in [5.74, 6) is -0.451. The van der Waals surface area contributed by atoms with E-state index in [1.165, 1.54) is 4.90 Å². The van der Waals surface area contributed by atoms with Gasteiger partial charge in [-0.05, 0) is 36.4 Å². The van der Waals surface area contributed by atoms with Crippen molar-refractivity contribution in [2.24, 2.45) is 0 Å². The number of amides is 1. The van der Waals surface area contributed by atoms with Crippen molar-refractivity contribution >= 4 is 5.91 Å². The molecule has 0 aromatic carbocycles. The van der Waals surface area contributed by atoms with Crippen LogP contribution in [-0.2, 0) is 19.3 Å².